The lowest BCUT2D eigenvalue weighted by Crippen LogP contribution is -2.20. The zero-order chi connectivity index (χ0) is 19.3. The molecule has 0 N–H and O–H groups in total. The number of hydrogen-bond donors (Lipinski definition) is 0. The first-order chi connectivity index (χ1) is 13.5. The summed E-state index contributed by atoms with van der Waals surface area (Å²) in [5, 5.41) is 15.0. The highest BCUT2D eigenvalue weighted by atomic mass is 19.4. The van der Waals surface area contributed by atoms with Crippen LogP contribution in [0.2, 0.25) is 0 Å². The number of benzene rings is 2. The van der Waals surface area contributed by atoms with Crippen LogP contribution in [0.25, 0.3) is 27.8 Å². The number of fused-ring (bicyclic) bond motifs is 3. The molecule has 5 rings (SSSR count). The van der Waals surface area contributed by atoms with E-state index in [-0.39, 0.29) is 0 Å². The second-order valence-electron chi connectivity index (χ2n) is 6.90. The highest BCUT2D eigenvalue weighted by molar-refractivity contribution is 6.00. The van der Waals surface area contributed by atoms with Crippen LogP contribution in [0.5, 0.6) is 0 Å². The molecule has 5 nitrogen and oxygen atoms in total. The molecule has 1 aliphatic rings. The average Bonchev–Trinajstić information content (AvgIpc) is 3.37. The molecule has 1 aliphatic heterocycles. The standard InChI is InChI=1S/C20H16F3N5/c21-20(22,23)14-7-5-6-13(12-14)17-24-25-18-15-8-1-2-9-16(15)19(26-28(17)18)27-10-3-4-11-27/h1-2,5-9,12H,3-4,10-11H2. The van der Waals surface area contributed by atoms with E-state index >= 15 is 0 Å². The van der Waals surface area contributed by atoms with Crippen LogP contribution >= 0.6 is 0 Å². The summed E-state index contributed by atoms with van der Waals surface area (Å²) in [6.45, 7) is 1.81. The lowest BCUT2D eigenvalue weighted by Gasteiger charge is -2.19. The molecular formula is C20H16F3N5. The van der Waals surface area contributed by atoms with E-state index < -0.39 is 11.7 Å². The first-order valence-electron chi connectivity index (χ1n) is 9.09. The number of aromatic nitrogens is 4. The van der Waals surface area contributed by atoms with Crippen molar-refractivity contribution in [3.8, 4) is 11.4 Å². The topological polar surface area (TPSA) is 46.3 Å². The molecule has 4 aromatic rings. The normalized spacial score (nSPS) is 15.0. The summed E-state index contributed by atoms with van der Waals surface area (Å²) in [6, 6.07) is 12.9. The second-order valence-corrected chi connectivity index (χ2v) is 6.90. The van der Waals surface area contributed by atoms with E-state index in [9.17, 15) is 13.2 Å². The largest absolute Gasteiger partial charge is 0.416 e. The fourth-order valence-electron chi connectivity index (χ4n) is 3.74. The number of hydrogen-bond acceptors (Lipinski definition) is 4. The molecule has 2 aromatic heterocycles. The summed E-state index contributed by atoms with van der Waals surface area (Å²) in [4.78, 5) is 2.21. The Bertz CT molecular complexity index is 1180. The van der Waals surface area contributed by atoms with E-state index in [4.69, 9.17) is 5.10 Å². The van der Waals surface area contributed by atoms with Crippen LogP contribution in [0.4, 0.5) is 19.0 Å². The van der Waals surface area contributed by atoms with Gasteiger partial charge in [0, 0.05) is 29.4 Å². The van der Waals surface area contributed by atoms with Gasteiger partial charge in [0.2, 0.25) is 0 Å². The molecule has 28 heavy (non-hydrogen) atoms. The molecule has 1 saturated heterocycles. The Morgan fingerprint density at radius 1 is 0.857 bits per heavy atom. The van der Waals surface area contributed by atoms with Crippen LogP contribution in [0.1, 0.15) is 18.4 Å². The zero-order valence-electron chi connectivity index (χ0n) is 14.8. The maximum atomic E-state index is 13.1. The predicted octanol–water partition coefficient (Wildman–Crippen LogP) is 4.56. The molecule has 0 atom stereocenters. The summed E-state index contributed by atoms with van der Waals surface area (Å²) in [5.41, 5.74) is 0.144. The minimum absolute atomic E-state index is 0.298. The van der Waals surface area contributed by atoms with Crippen molar-refractivity contribution in [2.24, 2.45) is 0 Å². The first kappa shape index (κ1) is 17.0. The van der Waals surface area contributed by atoms with Crippen molar-refractivity contribution in [3.63, 3.8) is 0 Å². The number of rotatable bonds is 2. The van der Waals surface area contributed by atoms with Gasteiger partial charge < -0.3 is 4.90 Å². The van der Waals surface area contributed by atoms with E-state index in [1.54, 1.807) is 10.6 Å². The Morgan fingerprint density at radius 2 is 1.61 bits per heavy atom. The Hall–Kier alpha value is -3.16. The molecule has 0 bridgehead atoms. The molecule has 0 saturated carbocycles. The highest BCUT2D eigenvalue weighted by Gasteiger charge is 2.31. The van der Waals surface area contributed by atoms with Gasteiger partial charge in [-0.2, -0.15) is 17.7 Å². The van der Waals surface area contributed by atoms with Crippen molar-refractivity contribution in [1.82, 2.24) is 19.8 Å². The first-order valence-corrected chi connectivity index (χ1v) is 9.09. The van der Waals surface area contributed by atoms with Crippen molar-refractivity contribution in [1.29, 1.82) is 0 Å². The quantitative estimate of drug-likeness (QED) is 0.509. The van der Waals surface area contributed by atoms with Crippen molar-refractivity contribution < 1.29 is 13.2 Å². The fourth-order valence-corrected chi connectivity index (χ4v) is 3.74. The molecule has 142 valence electrons. The number of nitrogens with zero attached hydrogens (tertiary/aromatic N) is 5. The number of alkyl halides is 3. The molecule has 0 radical (unpaired) electrons. The van der Waals surface area contributed by atoms with E-state index in [0.29, 0.717) is 17.0 Å². The Balaban J connectivity index is 1.76. The third-order valence-corrected chi connectivity index (χ3v) is 5.10. The summed E-state index contributed by atoms with van der Waals surface area (Å²) in [6.07, 6.45) is -2.23. The van der Waals surface area contributed by atoms with Crippen LogP contribution in [0.15, 0.2) is 48.5 Å². The van der Waals surface area contributed by atoms with Gasteiger partial charge in [0.1, 0.15) is 0 Å². The van der Waals surface area contributed by atoms with Gasteiger partial charge in [0.25, 0.3) is 0 Å². The summed E-state index contributed by atoms with van der Waals surface area (Å²) < 4.78 is 41.0. The summed E-state index contributed by atoms with van der Waals surface area (Å²) in [5.74, 6) is 1.11. The van der Waals surface area contributed by atoms with Gasteiger partial charge in [-0.3, -0.25) is 0 Å². The van der Waals surface area contributed by atoms with E-state index in [1.807, 2.05) is 24.3 Å². The van der Waals surface area contributed by atoms with Crippen LogP contribution < -0.4 is 4.90 Å². The zero-order valence-corrected chi connectivity index (χ0v) is 14.8. The Morgan fingerprint density at radius 3 is 2.36 bits per heavy atom. The minimum Gasteiger partial charge on any atom is -0.355 e. The molecule has 8 heteroatoms. The smallest absolute Gasteiger partial charge is 0.355 e. The van der Waals surface area contributed by atoms with Gasteiger partial charge in [-0.25, -0.2) is 0 Å². The molecule has 0 amide bonds. The van der Waals surface area contributed by atoms with Gasteiger partial charge >= 0.3 is 6.18 Å². The molecule has 1 fully saturated rings. The lowest BCUT2D eigenvalue weighted by molar-refractivity contribution is -0.137. The Labute approximate surface area is 158 Å². The maximum absolute atomic E-state index is 13.1. The van der Waals surface area contributed by atoms with E-state index in [0.717, 1.165) is 54.7 Å². The van der Waals surface area contributed by atoms with Crippen molar-refractivity contribution in [2.75, 3.05) is 18.0 Å². The predicted molar refractivity (Wildman–Crippen MR) is 100 cm³/mol. The summed E-state index contributed by atoms with van der Waals surface area (Å²) in [7, 11) is 0. The highest BCUT2D eigenvalue weighted by Crippen LogP contribution is 2.34. The average molecular weight is 383 g/mol. The van der Waals surface area contributed by atoms with E-state index in [1.165, 1.54) is 6.07 Å². The van der Waals surface area contributed by atoms with Gasteiger partial charge in [-0.15, -0.1) is 15.3 Å². The van der Waals surface area contributed by atoms with Crippen LogP contribution in [-0.2, 0) is 6.18 Å². The second kappa shape index (κ2) is 6.19. The summed E-state index contributed by atoms with van der Waals surface area (Å²) >= 11 is 0. The van der Waals surface area contributed by atoms with Crippen molar-refractivity contribution in [2.45, 2.75) is 19.0 Å². The molecule has 0 spiro atoms. The molecule has 0 unspecified atom stereocenters. The fraction of sp³-hybridized carbons (Fsp3) is 0.250. The monoisotopic (exact) mass is 383 g/mol. The van der Waals surface area contributed by atoms with Crippen molar-refractivity contribution >= 4 is 22.2 Å². The van der Waals surface area contributed by atoms with Crippen LogP contribution in [0, 0.1) is 0 Å². The van der Waals surface area contributed by atoms with Crippen molar-refractivity contribution in [3.05, 3.63) is 54.1 Å². The lowest BCUT2D eigenvalue weighted by atomic mass is 10.1. The molecule has 0 aliphatic carbocycles. The third-order valence-electron chi connectivity index (χ3n) is 5.10. The Kier molecular flexibility index (Phi) is 3.75. The van der Waals surface area contributed by atoms with Crippen LogP contribution in [0.3, 0.4) is 0 Å². The van der Waals surface area contributed by atoms with Gasteiger partial charge in [-0.05, 0) is 25.0 Å². The van der Waals surface area contributed by atoms with Gasteiger partial charge in [0.15, 0.2) is 17.3 Å². The van der Waals surface area contributed by atoms with Gasteiger partial charge in [-0.1, -0.05) is 36.4 Å². The number of anilines is 1. The SMILES string of the molecule is FC(F)(F)c1cccc(-c2nnc3c4ccccc4c(N4CCCC4)nn23)c1. The molecule has 3 heterocycles. The third kappa shape index (κ3) is 2.67. The molecular weight excluding hydrogens is 367 g/mol. The minimum atomic E-state index is -4.42. The van der Waals surface area contributed by atoms with E-state index in [2.05, 4.69) is 15.1 Å². The molecule has 2 aromatic carbocycles. The number of halogens is 3. The van der Waals surface area contributed by atoms with Crippen LogP contribution in [-0.4, -0.2) is 32.9 Å². The van der Waals surface area contributed by atoms with Gasteiger partial charge in [0.05, 0.1) is 5.56 Å². The maximum Gasteiger partial charge on any atom is 0.416 e.